The molecule has 162 valence electrons. The lowest BCUT2D eigenvalue weighted by Crippen LogP contribution is -2.26. The first-order chi connectivity index (χ1) is 16.3. The Kier molecular flexibility index (Phi) is 6.30. The summed E-state index contributed by atoms with van der Waals surface area (Å²) < 4.78 is 0. The lowest BCUT2D eigenvalue weighted by atomic mass is 10.0. The Balaban J connectivity index is 1.36. The summed E-state index contributed by atoms with van der Waals surface area (Å²) >= 11 is 0. The van der Waals surface area contributed by atoms with E-state index in [0.29, 0.717) is 0 Å². The summed E-state index contributed by atoms with van der Waals surface area (Å²) in [5.74, 6) is 0.900. The molecule has 3 heteroatoms. The van der Waals surface area contributed by atoms with Crippen molar-refractivity contribution in [2.24, 2.45) is 0 Å². The predicted octanol–water partition coefficient (Wildman–Crippen LogP) is 6.99. The van der Waals surface area contributed by atoms with Gasteiger partial charge in [0.2, 0.25) is 5.95 Å². The van der Waals surface area contributed by atoms with Crippen molar-refractivity contribution in [1.29, 1.82) is 0 Å². The van der Waals surface area contributed by atoms with Crippen molar-refractivity contribution in [3.05, 3.63) is 133 Å². The fourth-order valence-corrected chi connectivity index (χ4v) is 4.06. The highest BCUT2D eigenvalue weighted by Crippen LogP contribution is 2.25. The van der Waals surface area contributed by atoms with E-state index in [4.69, 9.17) is 4.98 Å². The van der Waals surface area contributed by atoms with Crippen LogP contribution in [0.1, 0.15) is 11.1 Å². The molecule has 1 aromatic heterocycles. The van der Waals surface area contributed by atoms with Gasteiger partial charge in [-0.05, 0) is 28.7 Å². The first kappa shape index (κ1) is 20.8. The summed E-state index contributed by atoms with van der Waals surface area (Å²) in [6.07, 6.45) is 2.98. The Bertz CT molecular complexity index is 1260. The van der Waals surface area contributed by atoms with Crippen LogP contribution in [0, 0.1) is 0 Å². The molecule has 0 saturated heterocycles. The lowest BCUT2D eigenvalue weighted by molar-refractivity contribution is 0.758. The Morgan fingerprint density at radius 1 is 0.576 bits per heavy atom. The zero-order valence-corrected chi connectivity index (χ0v) is 18.6. The van der Waals surface area contributed by atoms with Crippen LogP contribution < -0.4 is 4.90 Å². The highest BCUT2D eigenvalue weighted by Gasteiger charge is 2.13. The van der Waals surface area contributed by atoms with Crippen LogP contribution in [0.15, 0.2) is 121 Å². The quantitative estimate of drug-likeness (QED) is 0.288. The van der Waals surface area contributed by atoms with Crippen LogP contribution in [0.2, 0.25) is 0 Å². The molecular weight excluding hydrogens is 402 g/mol. The van der Waals surface area contributed by atoms with Gasteiger partial charge in [0.1, 0.15) is 0 Å². The standard InChI is InChI=1S/C30H27N3/c1-4-10-24(11-5-1)20-21-33(23-25-12-6-2-7-13-25)30-31-22-29(32-30)28-18-16-27(17-19-28)26-14-8-3-9-15-26/h1-19,22H,20-21,23H2,(H,31,32). The van der Waals surface area contributed by atoms with Gasteiger partial charge < -0.3 is 9.88 Å². The Morgan fingerprint density at radius 3 is 1.79 bits per heavy atom. The minimum Gasteiger partial charge on any atom is -0.338 e. The minimum absolute atomic E-state index is 0.813. The van der Waals surface area contributed by atoms with Crippen molar-refractivity contribution in [3.8, 4) is 22.4 Å². The maximum absolute atomic E-state index is 4.96. The minimum atomic E-state index is 0.813. The smallest absolute Gasteiger partial charge is 0.203 e. The monoisotopic (exact) mass is 429 g/mol. The number of anilines is 1. The summed E-state index contributed by atoms with van der Waals surface area (Å²) in [5.41, 5.74) is 7.11. The average Bonchev–Trinajstić information content (AvgIpc) is 3.39. The summed E-state index contributed by atoms with van der Waals surface area (Å²) in [5, 5.41) is 0. The summed E-state index contributed by atoms with van der Waals surface area (Å²) in [4.78, 5) is 10.7. The molecule has 0 aliphatic heterocycles. The van der Waals surface area contributed by atoms with E-state index < -0.39 is 0 Å². The van der Waals surface area contributed by atoms with Gasteiger partial charge in [-0.1, -0.05) is 115 Å². The normalized spacial score (nSPS) is 10.8. The van der Waals surface area contributed by atoms with E-state index in [2.05, 4.69) is 119 Å². The molecule has 0 aliphatic carbocycles. The first-order valence-corrected chi connectivity index (χ1v) is 11.4. The van der Waals surface area contributed by atoms with E-state index in [1.807, 2.05) is 12.3 Å². The average molecular weight is 430 g/mol. The van der Waals surface area contributed by atoms with Crippen LogP contribution in [-0.4, -0.2) is 16.5 Å². The van der Waals surface area contributed by atoms with Gasteiger partial charge in [0.15, 0.2) is 0 Å². The van der Waals surface area contributed by atoms with E-state index in [1.165, 1.54) is 22.3 Å². The summed E-state index contributed by atoms with van der Waals surface area (Å²) in [6.45, 7) is 1.70. The van der Waals surface area contributed by atoms with Gasteiger partial charge in [0.25, 0.3) is 0 Å². The number of imidazole rings is 1. The molecule has 0 saturated carbocycles. The Morgan fingerprint density at radius 2 is 1.12 bits per heavy atom. The molecule has 0 amide bonds. The fourth-order valence-electron chi connectivity index (χ4n) is 4.06. The molecule has 4 aromatic carbocycles. The van der Waals surface area contributed by atoms with Gasteiger partial charge >= 0.3 is 0 Å². The van der Waals surface area contributed by atoms with Crippen molar-refractivity contribution in [3.63, 3.8) is 0 Å². The molecule has 5 aromatic rings. The molecule has 0 aliphatic rings. The molecule has 0 spiro atoms. The van der Waals surface area contributed by atoms with Crippen LogP contribution in [0.4, 0.5) is 5.95 Å². The third kappa shape index (κ3) is 5.21. The van der Waals surface area contributed by atoms with Gasteiger partial charge in [-0.25, -0.2) is 4.98 Å². The predicted molar refractivity (Wildman–Crippen MR) is 137 cm³/mol. The third-order valence-electron chi connectivity index (χ3n) is 5.88. The Labute approximate surface area is 195 Å². The zero-order chi connectivity index (χ0) is 22.3. The SMILES string of the molecule is c1ccc(CCN(Cc2ccccc2)c2nc(-c3ccc(-c4ccccc4)cc3)c[nH]2)cc1. The molecule has 33 heavy (non-hydrogen) atoms. The second kappa shape index (κ2) is 10.0. The number of hydrogen-bond donors (Lipinski definition) is 1. The van der Waals surface area contributed by atoms with Crippen LogP contribution in [-0.2, 0) is 13.0 Å². The molecule has 3 nitrogen and oxygen atoms in total. The number of aromatic nitrogens is 2. The third-order valence-corrected chi connectivity index (χ3v) is 5.88. The molecule has 0 fully saturated rings. The highest BCUT2D eigenvalue weighted by atomic mass is 15.3. The molecule has 0 radical (unpaired) electrons. The van der Waals surface area contributed by atoms with Gasteiger partial charge in [-0.15, -0.1) is 0 Å². The molecule has 1 N–H and O–H groups in total. The van der Waals surface area contributed by atoms with E-state index >= 15 is 0 Å². The van der Waals surface area contributed by atoms with E-state index in [9.17, 15) is 0 Å². The number of aromatic amines is 1. The maximum atomic E-state index is 4.96. The first-order valence-electron chi connectivity index (χ1n) is 11.4. The van der Waals surface area contributed by atoms with Crippen LogP contribution in [0.5, 0.6) is 0 Å². The van der Waals surface area contributed by atoms with E-state index in [1.54, 1.807) is 0 Å². The number of H-pyrrole nitrogens is 1. The van der Waals surface area contributed by atoms with Crippen molar-refractivity contribution >= 4 is 5.95 Å². The van der Waals surface area contributed by atoms with Crippen molar-refractivity contribution in [2.45, 2.75) is 13.0 Å². The van der Waals surface area contributed by atoms with E-state index in [-0.39, 0.29) is 0 Å². The molecule has 0 atom stereocenters. The summed E-state index contributed by atoms with van der Waals surface area (Å²) in [7, 11) is 0. The second-order valence-corrected chi connectivity index (χ2v) is 8.20. The molecule has 0 unspecified atom stereocenters. The van der Waals surface area contributed by atoms with Crippen molar-refractivity contribution < 1.29 is 0 Å². The number of benzene rings is 4. The number of hydrogen-bond acceptors (Lipinski definition) is 2. The number of rotatable bonds is 8. The van der Waals surface area contributed by atoms with Gasteiger partial charge in [0.05, 0.1) is 5.69 Å². The topological polar surface area (TPSA) is 31.9 Å². The number of nitrogens with one attached hydrogen (secondary N) is 1. The Hall–Kier alpha value is -4.11. The van der Waals surface area contributed by atoms with Gasteiger partial charge in [0, 0.05) is 24.8 Å². The molecular formula is C30H27N3. The zero-order valence-electron chi connectivity index (χ0n) is 18.6. The molecule has 5 rings (SSSR count). The lowest BCUT2D eigenvalue weighted by Gasteiger charge is -2.22. The van der Waals surface area contributed by atoms with Crippen LogP contribution in [0.25, 0.3) is 22.4 Å². The van der Waals surface area contributed by atoms with Crippen LogP contribution >= 0.6 is 0 Å². The maximum Gasteiger partial charge on any atom is 0.203 e. The van der Waals surface area contributed by atoms with Crippen LogP contribution in [0.3, 0.4) is 0 Å². The van der Waals surface area contributed by atoms with Crippen molar-refractivity contribution in [2.75, 3.05) is 11.4 Å². The van der Waals surface area contributed by atoms with E-state index in [0.717, 1.165) is 36.7 Å². The molecule has 1 heterocycles. The number of nitrogens with zero attached hydrogens (tertiary/aromatic N) is 2. The summed E-state index contributed by atoms with van der Waals surface area (Å²) in [6, 6.07) is 40.3. The van der Waals surface area contributed by atoms with Crippen molar-refractivity contribution in [1.82, 2.24) is 9.97 Å². The molecule has 0 bridgehead atoms. The van der Waals surface area contributed by atoms with Gasteiger partial charge in [-0.3, -0.25) is 0 Å². The van der Waals surface area contributed by atoms with Gasteiger partial charge in [-0.2, -0.15) is 0 Å². The largest absolute Gasteiger partial charge is 0.338 e. The second-order valence-electron chi connectivity index (χ2n) is 8.20. The fraction of sp³-hybridized carbons (Fsp3) is 0.100. The highest BCUT2D eigenvalue weighted by molar-refractivity contribution is 5.69.